The number of hydrogen-bond acceptors (Lipinski definition) is 5. The zero-order valence-corrected chi connectivity index (χ0v) is 17.0. The second kappa shape index (κ2) is 6.27. The Morgan fingerprint density at radius 1 is 1.19 bits per heavy atom. The molecular weight excluding hydrogens is 333 g/mol. The van der Waals surface area contributed by atoms with Gasteiger partial charge in [-0.3, -0.25) is 4.68 Å². The van der Waals surface area contributed by atoms with Crippen molar-refractivity contribution in [3.8, 4) is 0 Å². The molecule has 1 aromatic rings. The van der Waals surface area contributed by atoms with E-state index in [2.05, 4.69) is 5.10 Å². The van der Waals surface area contributed by atoms with Crippen LogP contribution < -0.4 is 5.46 Å². The number of aryl methyl sites for hydroxylation is 1. The summed E-state index contributed by atoms with van der Waals surface area (Å²) >= 11 is 0. The van der Waals surface area contributed by atoms with Crippen molar-refractivity contribution >= 4 is 18.7 Å². The zero-order chi connectivity index (χ0) is 19.3. The van der Waals surface area contributed by atoms with Crippen LogP contribution in [0.1, 0.15) is 60.6 Å². The Hall–Kier alpha value is -1.54. The van der Waals surface area contributed by atoms with Crippen LogP contribution in [-0.2, 0) is 27.1 Å². The number of nitrogens with zero attached hydrogens (tertiary/aromatic N) is 3. The lowest BCUT2D eigenvalue weighted by molar-refractivity contribution is 0.00578. The summed E-state index contributed by atoms with van der Waals surface area (Å²) in [7, 11) is -0.484. The van der Waals surface area contributed by atoms with E-state index in [-0.39, 0.29) is 6.09 Å². The van der Waals surface area contributed by atoms with Crippen LogP contribution in [0.15, 0.2) is 6.20 Å². The molecule has 1 aromatic heterocycles. The molecule has 2 aliphatic heterocycles. The molecule has 1 saturated heterocycles. The first-order chi connectivity index (χ1) is 11.9. The van der Waals surface area contributed by atoms with Gasteiger partial charge in [-0.15, -0.1) is 0 Å². The predicted molar refractivity (Wildman–Crippen MR) is 99.2 cm³/mol. The first kappa shape index (κ1) is 19.2. The number of hydrogen-bond donors (Lipinski definition) is 0. The summed E-state index contributed by atoms with van der Waals surface area (Å²) < 4.78 is 19.9. The SMILES string of the molecule is CC(C)(C)OC(=O)N1CCCn2ncc(B3OC(C)(C)C(C)(C)O3)c2C1. The summed E-state index contributed by atoms with van der Waals surface area (Å²) in [6, 6.07) is 0. The number of ether oxygens (including phenoxy) is 1. The molecule has 1 amide bonds. The molecule has 8 heteroatoms. The molecule has 7 nitrogen and oxygen atoms in total. The molecule has 0 unspecified atom stereocenters. The van der Waals surface area contributed by atoms with Crippen LogP contribution in [0, 0.1) is 0 Å². The number of fused-ring (bicyclic) bond motifs is 1. The van der Waals surface area contributed by atoms with Gasteiger partial charge in [0.2, 0.25) is 0 Å². The average Bonchev–Trinajstić information content (AvgIpc) is 2.85. The number of aromatic nitrogens is 2. The Labute approximate surface area is 156 Å². The maximum absolute atomic E-state index is 12.5. The highest BCUT2D eigenvalue weighted by molar-refractivity contribution is 6.62. The highest BCUT2D eigenvalue weighted by Crippen LogP contribution is 2.36. The van der Waals surface area contributed by atoms with Crippen molar-refractivity contribution in [2.75, 3.05) is 6.54 Å². The Morgan fingerprint density at radius 3 is 2.38 bits per heavy atom. The highest BCUT2D eigenvalue weighted by atomic mass is 16.7. The third-order valence-corrected chi connectivity index (χ3v) is 5.28. The van der Waals surface area contributed by atoms with Crippen LogP contribution in [0.5, 0.6) is 0 Å². The molecule has 1 fully saturated rings. The van der Waals surface area contributed by atoms with Gasteiger partial charge in [0.1, 0.15) is 5.60 Å². The fourth-order valence-corrected chi connectivity index (χ4v) is 3.11. The van der Waals surface area contributed by atoms with E-state index in [1.807, 2.05) is 53.1 Å². The molecule has 2 aliphatic rings. The maximum Gasteiger partial charge on any atom is 0.498 e. The fraction of sp³-hybridized carbons (Fsp3) is 0.778. The molecule has 0 spiro atoms. The quantitative estimate of drug-likeness (QED) is 0.717. The molecule has 0 bridgehead atoms. The number of rotatable bonds is 1. The van der Waals surface area contributed by atoms with Crippen molar-refractivity contribution in [3.05, 3.63) is 11.9 Å². The van der Waals surface area contributed by atoms with E-state index in [9.17, 15) is 4.79 Å². The summed E-state index contributed by atoms with van der Waals surface area (Å²) in [5, 5.41) is 4.50. The van der Waals surface area contributed by atoms with Crippen LogP contribution in [0.2, 0.25) is 0 Å². The summed E-state index contributed by atoms with van der Waals surface area (Å²) in [6.07, 6.45) is 2.33. The highest BCUT2D eigenvalue weighted by Gasteiger charge is 2.53. The van der Waals surface area contributed by atoms with Crippen molar-refractivity contribution < 1.29 is 18.8 Å². The van der Waals surface area contributed by atoms with Gasteiger partial charge in [0, 0.05) is 24.7 Å². The van der Waals surface area contributed by atoms with Crippen LogP contribution >= 0.6 is 0 Å². The zero-order valence-electron chi connectivity index (χ0n) is 17.0. The molecular formula is C18H30BN3O4. The minimum absolute atomic E-state index is 0.299. The monoisotopic (exact) mass is 363 g/mol. The topological polar surface area (TPSA) is 65.8 Å². The van der Waals surface area contributed by atoms with Gasteiger partial charge < -0.3 is 18.9 Å². The predicted octanol–water partition coefficient (Wildman–Crippen LogP) is 2.32. The first-order valence-electron chi connectivity index (χ1n) is 9.28. The van der Waals surface area contributed by atoms with E-state index in [0.717, 1.165) is 24.1 Å². The van der Waals surface area contributed by atoms with Crippen LogP contribution in [0.4, 0.5) is 4.79 Å². The summed E-state index contributed by atoms with van der Waals surface area (Å²) in [6.45, 7) is 15.6. The summed E-state index contributed by atoms with van der Waals surface area (Å²) in [5.41, 5.74) is 0.494. The molecule has 26 heavy (non-hydrogen) atoms. The van der Waals surface area contributed by atoms with E-state index in [0.29, 0.717) is 13.1 Å². The van der Waals surface area contributed by atoms with Gasteiger partial charge in [0.15, 0.2) is 0 Å². The molecule has 3 heterocycles. The second-order valence-corrected chi connectivity index (χ2v) is 9.11. The lowest BCUT2D eigenvalue weighted by Crippen LogP contribution is -2.41. The molecule has 0 atom stereocenters. The van der Waals surface area contributed by atoms with Crippen LogP contribution in [0.3, 0.4) is 0 Å². The molecule has 0 radical (unpaired) electrons. The van der Waals surface area contributed by atoms with E-state index in [1.165, 1.54) is 0 Å². The van der Waals surface area contributed by atoms with Gasteiger partial charge in [0.25, 0.3) is 0 Å². The molecule has 144 valence electrons. The van der Waals surface area contributed by atoms with Crippen molar-refractivity contribution in [1.29, 1.82) is 0 Å². The second-order valence-electron chi connectivity index (χ2n) is 9.11. The minimum Gasteiger partial charge on any atom is -0.444 e. The van der Waals surface area contributed by atoms with E-state index >= 15 is 0 Å². The van der Waals surface area contributed by atoms with Crippen LogP contribution in [-0.4, -0.2) is 51.2 Å². The maximum atomic E-state index is 12.5. The van der Waals surface area contributed by atoms with Gasteiger partial charge in [-0.25, -0.2) is 4.79 Å². The molecule has 3 rings (SSSR count). The van der Waals surface area contributed by atoms with Crippen molar-refractivity contribution in [2.24, 2.45) is 0 Å². The summed E-state index contributed by atoms with van der Waals surface area (Å²) in [5.74, 6) is 0. The van der Waals surface area contributed by atoms with E-state index < -0.39 is 23.9 Å². The minimum atomic E-state index is -0.516. The normalized spacial score (nSPS) is 22.1. The number of amides is 1. The third-order valence-electron chi connectivity index (χ3n) is 5.28. The number of carbonyl (C=O) groups is 1. The average molecular weight is 363 g/mol. The first-order valence-corrected chi connectivity index (χ1v) is 9.28. The van der Waals surface area contributed by atoms with Crippen LogP contribution in [0.25, 0.3) is 0 Å². The van der Waals surface area contributed by atoms with Crippen molar-refractivity contribution in [2.45, 2.75) is 84.8 Å². The third kappa shape index (κ3) is 3.62. The van der Waals surface area contributed by atoms with Gasteiger partial charge in [-0.05, 0) is 54.9 Å². The van der Waals surface area contributed by atoms with Gasteiger partial charge in [-0.2, -0.15) is 5.10 Å². The molecule has 0 saturated carbocycles. The van der Waals surface area contributed by atoms with Crippen molar-refractivity contribution in [1.82, 2.24) is 14.7 Å². The largest absolute Gasteiger partial charge is 0.498 e. The standard InChI is InChI=1S/C18H30BN3O4/c1-16(2,3)24-15(23)21-9-8-10-22-14(12-21)13(11-20-22)19-25-17(4,5)18(6,7)26-19/h11H,8-10,12H2,1-7H3. The summed E-state index contributed by atoms with van der Waals surface area (Å²) in [4.78, 5) is 14.3. The van der Waals surface area contributed by atoms with Crippen molar-refractivity contribution in [3.63, 3.8) is 0 Å². The Bertz CT molecular complexity index is 677. The smallest absolute Gasteiger partial charge is 0.444 e. The lowest BCUT2D eigenvalue weighted by atomic mass is 9.79. The van der Waals surface area contributed by atoms with E-state index in [4.69, 9.17) is 14.0 Å². The van der Waals surface area contributed by atoms with E-state index in [1.54, 1.807) is 11.1 Å². The lowest BCUT2D eigenvalue weighted by Gasteiger charge is -2.32. The molecule has 0 N–H and O–H groups in total. The molecule has 0 aliphatic carbocycles. The number of carbonyl (C=O) groups excluding carboxylic acids is 1. The van der Waals surface area contributed by atoms with Gasteiger partial charge in [-0.1, -0.05) is 0 Å². The molecule has 0 aromatic carbocycles. The van der Waals surface area contributed by atoms with Gasteiger partial charge in [0.05, 0.1) is 23.4 Å². The Kier molecular flexibility index (Phi) is 4.64. The fourth-order valence-electron chi connectivity index (χ4n) is 3.11. The van der Waals surface area contributed by atoms with Gasteiger partial charge >= 0.3 is 13.2 Å². The Morgan fingerprint density at radius 2 is 1.81 bits per heavy atom. The Balaban J connectivity index is 1.84.